The minimum absolute atomic E-state index is 0.259. The SMILES string of the molecule is Cc1cnc(C)c(NCCC(O)C(C)C)n1. The van der Waals surface area contributed by atoms with Gasteiger partial charge in [0.15, 0.2) is 0 Å². The van der Waals surface area contributed by atoms with Crippen LogP contribution in [0.1, 0.15) is 31.7 Å². The standard InChI is InChI=1S/C12H21N3O/c1-8(2)11(16)5-6-13-12-10(4)14-7-9(3)15-12/h7-8,11,16H,5-6H2,1-4H3,(H,13,15). The maximum absolute atomic E-state index is 9.65. The summed E-state index contributed by atoms with van der Waals surface area (Å²) in [6, 6.07) is 0. The molecule has 4 heteroatoms. The van der Waals surface area contributed by atoms with E-state index < -0.39 is 0 Å². The van der Waals surface area contributed by atoms with E-state index in [1.54, 1.807) is 6.20 Å². The largest absolute Gasteiger partial charge is 0.393 e. The maximum Gasteiger partial charge on any atom is 0.147 e. The van der Waals surface area contributed by atoms with Gasteiger partial charge in [-0.25, -0.2) is 4.98 Å². The van der Waals surface area contributed by atoms with Crippen LogP contribution in [0, 0.1) is 19.8 Å². The van der Waals surface area contributed by atoms with Crippen molar-refractivity contribution in [2.75, 3.05) is 11.9 Å². The Kier molecular flexibility index (Phi) is 4.68. The summed E-state index contributed by atoms with van der Waals surface area (Å²) >= 11 is 0. The van der Waals surface area contributed by atoms with Crippen molar-refractivity contribution >= 4 is 5.82 Å². The summed E-state index contributed by atoms with van der Waals surface area (Å²) < 4.78 is 0. The van der Waals surface area contributed by atoms with E-state index in [1.807, 2.05) is 27.7 Å². The third kappa shape index (κ3) is 3.77. The van der Waals surface area contributed by atoms with Crippen molar-refractivity contribution in [2.24, 2.45) is 5.92 Å². The molecule has 16 heavy (non-hydrogen) atoms. The molecule has 0 aliphatic heterocycles. The number of hydrogen-bond acceptors (Lipinski definition) is 4. The first-order valence-electron chi connectivity index (χ1n) is 5.73. The van der Waals surface area contributed by atoms with Gasteiger partial charge in [0.25, 0.3) is 0 Å². The highest BCUT2D eigenvalue weighted by Crippen LogP contribution is 2.10. The molecule has 0 bridgehead atoms. The van der Waals surface area contributed by atoms with Crippen LogP contribution in [-0.4, -0.2) is 27.7 Å². The summed E-state index contributed by atoms with van der Waals surface area (Å²) in [4.78, 5) is 8.58. The molecule has 1 rings (SSSR count). The summed E-state index contributed by atoms with van der Waals surface area (Å²) in [6.07, 6.45) is 2.22. The molecule has 1 unspecified atom stereocenters. The number of nitrogens with zero attached hydrogens (tertiary/aromatic N) is 2. The van der Waals surface area contributed by atoms with Gasteiger partial charge in [-0.1, -0.05) is 13.8 Å². The quantitative estimate of drug-likeness (QED) is 0.800. The van der Waals surface area contributed by atoms with Gasteiger partial charge in [-0.05, 0) is 26.2 Å². The molecule has 1 heterocycles. The van der Waals surface area contributed by atoms with Gasteiger partial charge in [-0.3, -0.25) is 4.98 Å². The minimum atomic E-state index is -0.259. The van der Waals surface area contributed by atoms with Crippen molar-refractivity contribution in [1.82, 2.24) is 9.97 Å². The zero-order valence-corrected chi connectivity index (χ0v) is 10.5. The second-order valence-corrected chi connectivity index (χ2v) is 4.47. The molecule has 1 aromatic rings. The molecule has 90 valence electrons. The first-order chi connectivity index (χ1) is 7.50. The lowest BCUT2D eigenvalue weighted by molar-refractivity contribution is 0.120. The third-order valence-corrected chi connectivity index (χ3v) is 2.58. The molecule has 0 fully saturated rings. The molecular weight excluding hydrogens is 202 g/mol. The zero-order chi connectivity index (χ0) is 12.1. The fourth-order valence-corrected chi connectivity index (χ4v) is 1.38. The molecule has 1 aromatic heterocycles. The number of aryl methyl sites for hydroxylation is 2. The molecule has 0 amide bonds. The Morgan fingerprint density at radius 1 is 1.38 bits per heavy atom. The summed E-state index contributed by atoms with van der Waals surface area (Å²) in [5, 5.41) is 12.9. The van der Waals surface area contributed by atoms with E-state index in [0.717, 1.165) is 30.2 Å². The fraction of sp³-hybridized carbons (Fsp3) is 0.667. The summed E-state index contributed by atoms with van der Waals surface area (Å²) in [7, 11) is 0. The number of aliphatic hydroxyl groups is 1. The van der Waals surface area contributed by atoms with Crippen molar-refractivity contribution < 1.29 is 5.11 Å². The number of hydrogen-bond donors (Lipinski definition) is 2. The zero-order valence-electron chi connectivity index (χ0n) is 10.5. The summed E-state index contributed by atoms with van der Waals surface area (Å²) in [5.74, 6) is 1.11. The Balaban J connectivity index is 2.45. The van der Waals surface area contributed by atoms with E-state index in [1.165, 1.54) is 0 Å². The molecule has 0 saturated heterocycles. The lowest BCUT2D eigenvalue weighted by atomic mass is 10.0. The van der Waals surface area contributed by atoms with Gasteiger partial charge in [0, 0.05) is 12.7 Å². The average Bonchev–Trinajstić information content (AvgIpc) is 2.22. The molecule has 2 N–H and O–H groups in total. The van der Waals surface area contributed by atoms with E-state index in [0.29, 0.717) is 5.92 Å². The normalized spacial score (nSPS) is 12.9. The van der Waals surface area contributed by atoms with E-state index in [9.17, 15) is 5.11 Å². The van der Waals surface area contributed by atoms with Crippen LogP contribution in [0.25, 0.3) is 0 Å². The third-order valence-electron chi connectivity index (χ3n) is 2.58. The van der Waals surface area contributed by atoms with Crippen LogP contribution in [0.3, 0.4) is 0 Å². The van der Waals surface area contributed by atoms with Crippen molar-refractivity contribution in [3.8, 4) is 0 Å². The Bertz CT molecular complexity index is 339. The van der Waals surface area contributed by atoms with Gasteiger partial charge in [0.2, 0.25) is 0 Å². The van der Waals surface area contributed by atoms with E-state index in [2.05, 4.69) is 15.3 Å². The van der Waals surface area contributed by atoms with Crippen LogP contribution < -0.4 is 5.32 Å². The van der Waals surface area contributed by atoms with Crippen LogP contribution in [-0.2, 0) is 0 Å². The first-order valence-corrected chi connectivity index (χ1v) is 5.73. The lowest BCUT2D eigenvalue weighted by Gasteiger charge is -2.15. The highest BCUT2D eigenvalue weighted by molar-refractivity contribution is 5.39. The van der Waals surface area contributed by atoms with Gasteiger partial charge < -0.3 is 10.4 Å². The Labute approximate surface area is 97.1 Å². The monoisotopic (exact) mass is 223 g/mol. The predicted molar refractivity (Wildman–Crippen MR) is 65.5 cm³/mol. The number of anilines is 1. The molecule has 1 atom stereocenters. The molecule has 0 spiro atoms. The Hall–Kier alpha value is -1.16. The van der Waals surface area contributed by atoms with E-state index >= 15 is 0 Å². The minimum Gasteiger partial charge on any atom is -0.393 e. The second-order valence-electron chi connectivity index (χ2n) is 4.47. The number of nitrogens with one attached hydrogen (secondary N) is 1. The second kappa shape index (κ2) is 5.80. The average molecular weight is 223 g/mol. The molecule has 0 aromatic carbocycles. The summed E-state index contributed by atoms with van der Waals surface area (Å²) in [6.45, 7) is 8.59. The smallest absolute Gasteiger partial charge is 0.147 e. The number of aromatic nitrogens is 2. The number of aliphatic hydroxyl groups excluding tert-OH is 1. The Morgan fingerprint density at radius 3 is 2.69 bits per heavy atom. The summed E-state index contributed by atoms with van der Waals surface area (Å²) in [5.41, 5.74) is 1.79. The fourth-order valence-electron chi connectivity index (χ4n) is 1.38. The highest BCUT2D eigenvalue weighted by atomic mass is 16.3. The van der Waals surface area contributed by atoms with Crippen LogP contribution in [0.15, 0.2) is 6.20 Å². The van der Waals surface area contributed by atoms with Crippen molar-refractivity contribution in [1.29, 1.82) is 0 Å². The Morgan fingerprint density at radius 2 is 2.06 bits per heavy atom. The molecule has 0 aliphatic carbocycles. The van der Waals surface area contributed by atoms with Crippen LogP contribution >= 0.6 is 0 Å². The van der Waals surface area contributed by atoms with Crippen molar-refractivity contribution in [3.63, 3.8) is 0 Å². The topological polar surface area (TPSA) is 58.0 Å². The van der Waals surface area contributed by atoms with E-state index in [4.69, 9.17) is 0 Å². The van der Waals surface area contributed by atoms with E-state index in [-0.39, 0.29) is 6.10 Å². The molecule has 0 aliphatic rings. The van der Waals surface area contributed by atoms with Crippen LogP contribution in [0.5, 0.6) is 0 Å². The van der Waals surface area contributed by atoms with Gasteiger partial charge in [0.05, 0.1) is 17.5 Å². The molecule has 4 nitrogen and oxygen atoms in total. The first kappa shape index (κ1) is 12.9. The molecule has 0 radical (unpaired) electrons. The van der Waals surface area contributed by atoms with Crippen LogP contribution in [0.2, 0.25) is 0 Å². The number of rotatable bonds is 5. The van der Waals surface area contributed by atoms with Gasteiger partial charge in [-0.2, -0.15) is 0 Å². The molecular formula is C12H21N3O. The van der Waals surface area contributed by atoms with Gasteiger partial charge >= 0.3 is 0 Å². The van der Waals surface area contributed by atoms with Crippen molar-refractivity contribution in [3.05, 3.63) is 17.6 Å². The molecule has 0 saturated carbocycles. The van der Waals surface area contributed by atoms with Crippen molar-refractivity contribution in [2.45, 2.75) is 40.2 Å². The van der Waals surface area contributed by atoms with Gasteiger partial charge in [-0.15, -0.1) is 0 Å². The van der Waals surface area contributed by atoms with Crippen LogP contribution in [0.4, 0.5) is 5.82 Å². The highest BCUT2D eigenvalue weighted by Gasteiger charge is 2.09. The maximum atomic E-state index is 9.65. The van der Waals surface area contributed by atoms with Gasteiger partial charge in [0.1, 0.15) is 5.82 Å². The predicted octanol–water partition coefficient (Wildman–Crippen LogP) is 1.91. The lowest BCUT2D eigenvalue weighted by Crippen LogP contribution is -2.19.